The highest BCUT2D eigenvalue weighted by Gasteiger charge is 2.15. The standard InChI is InChI=1S/C39H25N3O/c1-4-10-26(11-5-1)27-16-18-28(19-17-27)31-21-23-35-34(24-31)33-22-20-32(25-36(33)43-35)39-41-37(29-12-6-2-7-13-29)40-38(42-39)30-14-8-3-9-15-30/h1-25H. The van der Waals surface area contributed by atoms with Gasteiger partial charge in [0.15, 0.2) is 17.5 Å². The van der Waals surface area contributed by atoms with Gasteiger partial charge in [-0.1, -0.05) is 127 Å². The summed E-state index contributed by atoms with van der Waals surface area (Å²) in [6.45, 7) is 0. The molecule has 2 aromatic heterocycles. The normalized spacial score (nSPS) is 11.3. The van der Waals surface area contributed by atoms with Crippen LogP contribution in [-0.2, 0) is 0 Å². The van der Waals surface area contributed by atoms with Crippen molar-refractivity contribution < 1.29 is 4.42 Å². The zero-order chi connectivity index (χ0) is 28.6. The molecule has 4 heteroatoms. The maximum absolute atomic E-state index is 6.34. The number of fused-ring (bicyclic) bond motifs is 3. The maximum Gasteiger partial charge on any atom is 0.164 e. The lowest BCUT2D eigenvalue weighted by atomic mass is 9.99. The summed E-state index contributed by atoms with van der Waals surface area (Å²) in [5, 5.41) is 2.14. The van der Waals surface area contributed by atoms with Crippen molar-refractivity contribution in [2.75, 3.05) is 0 Å². The van der Waals surface area contributed by atoms with Gasteiger partial charge < -0.3 is 4.42 Å². The maximum atomic E-state index is 6.34. The topological polar surface area (TPSA) is 51.8 Å². The van der Waals surface area contributed by atoms with E-state index in [-0.39, 0.29) is 0 Å². The summed E-state index contributed by atoms with van der Waals surface area (Å²) < 4.78 is 6.34. The van der Waals surface area contributed by atoms with E-state index in [1.54, 1.807) is 0 Å². The second kappa shape index (κ2) is 10.5. The van der Waals surface area contributed by atoms with Crippen LogP contribution in [-0.4, -0.2) is 15.0 Å². The largest absolute Gasteiger partial charge is 0.456 e. The lowest BCUT2D eigenvalue weighted by molar-refractivity contribution is 0.669. The number of benzene rings is 6. The first-order valence-corrected chi connectivity index (χ1v) is 14.3. The van der Waals surface area contributed by atoms with Crippen molar-refractivity contribution in [3.8, 4) is 56.4 Å². The second-order valence-corrected chi connectivity index (χ2v) is 10.5. The average Bonchev–Trinajstić information content (AvgIpc) is 3.46. The summed E-state index contributed by atoms with van der Waals surface area (Å²) in [6.07, 6.45) is 0. The molecule has 8 aromatic rings. The smallest absolute Gasteiger partial charge is 0.164 e. The van der Waals surface area contributed by atoms with Crippen LogP contribution in [0.25, 0.3) is 78.4 Å². The van der Waals surface area contributed by atoms with Crippen molar-refractivity contribution in [3.05, 3.63) is 152 Å². The third-order valence-corrected chi connectivity index (χ3v) is 7.75. The summed E-state index contributed by atoms with van der Waals surface area (Å²) in [6, 6.07) is 51.8. The average molecular weight is 552 g/mol. The lowest BCUT2D eigenvalue weighted by Gasteiger charge is -2.08. The van der Waals surface area contributed by atoms with E-state index in [0.29, 0.717) is 17.5 Å². The molecule has 0 unspecified atom stereocenters. The van der Waals surface area contributed by atoms with Gasteiger partial charge in [0.1, 0.15) is 11.2 Å². The summed E-state index contributed by atoms with van der Waals surface area (Å²) in [7, 11) is 0. The highest BCUT2D eigenvalue weighted by Crippen LogP contribution is 2.35. The SMILES string of the molecule is c1ccc(-c2ccc(-c3ccc4oc5cc(-c6nc(-c7ccccc7)nc(-c7ccccc7)n6)ccc5c4c3)cc2)cc1. The first kappa shape index (κ1) is 24.9. The van der Waals surface area contributed by atoms with Crippen LogP contribution in [0.1, 0.15) is 0 Å². The van der Waals surface area contributed by atoms with Gasteiger partial charge in [-0.25, -0.2) is 15.0 Å². The minimum atomic E-state index is 0.606. The van der Waals surface area contributed by atoms with Crippen LogP contribution in [0.4, 0.5) is 0 Å². The van der Waals surface area contributed by atoms with Crippen molar-refractivity contribution in [1.82, 2.24) is 15.0 Å². The second-order valence-electron chi connectivity index (χ2n) is 10.5. The zero-order valence-electron chi connectivity index (χ0n) is 23.2. The van der Waals surface area contributed by atoms with Crippen LogP contribution in [0, 0.1) is 0 Å². The van der Waals surface area contributed by atoms with Crippen LogP contribution >= 0.6 is 0 Å². The molecule has 202 valence electrons. The molecule has 0 radical (unpaired) electrons. The quantitative estimate of drug-likeness (QED) is 0.214. The van der Waals surface area contributed by atoms with E-state index in [4.69, 9.17) is 19.4 Å². The van der Waals surface area contributed by atoms with Gasteiger partial charge in [0.05, 0.1) is 0 Å². The molecule has 0 aliphatic heterocycles. The molecule has 0 bridgehead atoms. The van der Waals surface area contributed by atoms with Gasteiger partial charge in [-0.05, 0) is 46.5 Å². The molecule has 0 saturated heterocycles. The van der Waals surface area contributed by atoms with Crippen LogP contribution in [0.2, 0.25) is 0 Å². The molecule has 0 N–H and O–H groups in total. The molecule has 4 nitrogen and oxygen atoms in total. The summed E-state index contributed by atoms with van der Waals surface area (Å²) in [5.41, 5.74) is 9.14. The summed E-state index contributed by atoms with van der Waals surface area (Å²) in [5.74, 6) is 1.88. The lowest BCUT2D eigenvalue weighted by Crippen LogP contribution is -2.00. The predicted molar refractivity (Wildman–Crippen MR) is 174 cm³/mol. The molecule has 8 rings (SSSR count). The van der Waals surface area contributed by atoms with Crippen molar-refractivity contribution >= 4 is 21.9 Å². The Hall–Kier alpha value is -5.87. The number of hydrogen-bond acceptors (Lipinski definition) is 4. The highest BCUT2D eigenvalue weighted by molar-refractivity contribution is 6.07. The Morgan fingerprint density at radius 2 is 0.744 bits per heavy atom. The van der Waals surface area contributed by atoms with Gasteiger partial charge >= 0.3 is 0 Å². The molecule has 0 aliphatic rings. The van der Waals surface area contributed by atoms with Gasteiger partial charge in [-0.2, -0.15) is 0 Å². The number of nitrogens with zero attached hydrogens (tertiary/aromatic N) is 3. The Morgan fingerprint density at radius 1 is 0.302 bits per heavy atom. The van der Waals surface area contributed by atoms with Gasteiger partial charge in [0.2, 0.25) is 0 Å². The van der Waals surface area contributed by atoms with E-state index in [1.165, 1.54) is 16.7 Å². The first-order valence-electron chi connectivity index (χ1n) is 14.3. The van der Waals surface area contributed by atoms with Crippen LogP contribution < -0.4 is 0 Å². The summed E-state index contributed by atoms with van der Waals surface area (Å²) >= 11 is 0. The monoisotopic (exact) mass is 551 g/mol. The third kappa shape index (κ3) is 4.75. The van der Waals surface area contributed by atoms with Crippen molar-refractivity contribution in [3.63, 3.8) is 0 Å². The number of rotatable bonds is 5. The van der Waals surface area contributed by atoms with E-state index in [1.807, 2.05) is 72.8 Å². The molecule has 0 spiro atoms. The van der Waals surface area contributed by atoms with Gasteiger partial charge in [-0.15, -0.1) is 0 Å². The molecule has 0 aliphatic carbocycles. The molecule has 0 amide bonds. The summed E-state index contributed by atoms with van der Waals surface area (Å²) in [4.78, 5) is 14.6. The van der Waals surface area contributed by atoms with Gasteiger partial charge in [0.25, 0.3) is 0 Å². The molecule has 2 heterocycles. The van der Waals surface area contributed by atoms with E-state index in [2.05, 4.69) is 78.9 Å². The Kier molecular flexibility index (Phi) is 6.08. The van der Waals surface area contributed by atoms with Gasteiger partial charge in [-0.3, -0.25) is 0 Å². The third-order valence-electron chi connectivity index (χ3n) is 7.75. The Labute approximate surface area is 249 Å². The van der Waals surface area contributed by atoms with Gasteiger partial charge in [0, 0.05) is 27.5 Å². The van der Waals surface area contributed by atoms with Crippen molar-refractivity contribution in [2.45, 2.75) is 0 Å². The van der Waals surface area contributed by atoms with Crippen LogP contribution in [0.5, 0.6) is 0 Å². The predicted octanol–water partition coefficient (Wildman–Crippen LogP) is 10.1. The molecule has 0 fully saturated rings. The highest BCUT2D eigenvalue weighted by atomic mass is 16.3. The molecule has 0 saturated carbocycles. The van der Waals surface area contributed by atoms with E-state index < -0.39 is 0 Å². The number of furan rings is 1. The van der Waals surface area contributed by atoms with E-state index in [9.17, 15) is 0 Å². The fourth-order valence-corrected chi connectivity index (χ4v) is 5.52. The fraction of sp³-hybridized carbons (Fsp3) is 0. The molecular weight excluding hydrogens is 526 g/mol. The molecule has 6 aromatic carbocycles. The van der Waals surface area contributed by atoms with Crippen molar-refractivity contribution in [1.29, 1.82) is 0 Å². The number of aromatic nitrogens is 3. The first-order chi connectivity index (χ1) is 21.3. The fourth-order valence-electron chi connectivity index (χ4n) is 5.52. The number of hydrogen-bond donors (Lipinski definition) is 0. The minimum absolute atomic E-state index is 0.606. The molecular formula is C39H25N3O. The Morgan fingerprint density at radius 3 is 1.33 bits per heavy atom. The van der Waals surface area contributed by atoms with E-state index >= 15 is 0 Å². The van der Waals surface area contributed by atoms with E-state index in [0.717, 1.165) is 44.2 Å². The minimum Gasteiger partial charge on any atom is -0.456 e. The van der Waals surface area contributed by atoms with Crippen LogP contribution in [0.15, 0.2) is 156 Å². The molecule has 43 heavy (non-hydrogen) atoms. The van der Waals surface area contributed by atoms with Crippen LogP contribution in [0.3, 0.4) is 0 Å². The van der Waals surface area contributed by atoms with Crippen molar-refractivity contribution in [2.24, 2.45) is 0 Å². The Balaban J connectivity index is 1.19. The molecule has 0 atom stereocenters. The zero-order valence-corrected chi connectivity index (χ0v) is 23.2. The Bertz CT molecular complexity index is 2150.